The number of carbonyl (C=O) groups is 3. The van der Waals surface area contributed by atoms with Crippen LogP contribution in [0.1, 0.15) is 91.6 Å². The van der Waals surface area contributed by atoms with E-state index in [2.05, 4.69) is 20.6 Å². The predicted molar refractivity (Wildman–Crippen MR) is 217 cm³/mol. The lowest BCUT2D eigenvalue weighted by atomic mass is 9.68. The van der Waals surface area contributed by atoms with Crippen molar-refractivity contribution in [3.8, 4) is 0 Å². The van der Waals surface area contributed by atoms with Gasteiger partial charge in [-0.25, -0.2) is 18.6 Å². The lowest BCUT2D eigenvalue weighted by molar-refractivity contribution is -0.179. The molecule has 1 unspecified atom stereocenters. The van der Waals surface area contributed by atoms with Gasteiger partial charge in [-0.1, -0.05) is 6.07 Å². The molecule has 2 aromatic carbocycles. The van der Waals surface area contributed by atoms with Crippen LogP contribution < -0.4 is 21.2 Å². The monoisotopic (exact) mass is 847 g/mol. The number of carbonyl (C=O) groups excluding carboxylic acids is 3. The number of nitrogens with one attached hydrogen (secondary N) is 3. The highest BCUT2D eigenvalue weighted by atomic mass is 19.4. The first-order chi connectivity index (χ1) is 29.1. The van der Waals surface area contributed by atoms with Gasteiger partial charge in [-0.05, 0) is 119 Å². The van der Waals surface area contributed by atoms with Crippen LogP contribution in [0, 0.1) is 18.3 Å². The van der Waals surface area contributed by atoms with Gasteiger partial charge in [-0.15, -0.1) is 0 Å². The zero-order valence-corrected chi connectivity index (χ0v) is 33.5. The summed E-state index contributed by atoms with van der Waals surface area (Å²) in [7, 11) is 0. The van der Waals surface area contributed by atoms with Crippen molar-refractivity contribution in [3.05, 3.63) is 82.2 Å². The van der Waals surface area contributed by atoms with E-state index in [1.54, 1.807) is 30.3 Å². The van der Waals surface area contributed by atoms with Crippen molar-refractivity contribution in [3.63, 3.8) is 0 Å². The number of fused-ring (bicyclic) bond motifs is 2. The van der Waals surface area contributed by atoms with Crippen molar-refractivity contribution < 1.29 is 36.3 Å². The number of nitrogens with zero attached hydrogens (tertiary/aromatic N) is 6. The molecule has 13 nitrogen and oxygen atoms in total. The first-order valence-corrected chi connectivity index (χ1v) is 20.8. The van der Waals surface area contributed by atoms with Crippen LogP contribution in [0.15, 0.2) is 59.5 Å². The average Bonchev–Trinajstić information content (AvgIpc) is 3.79. The molecule has 4 aliphatic rings. The van der Waals surface area contributed by atoms with Gasteiger partial charge in [0, 0.05) is 48.7 Å². The number of likely N-dealkylation sites (tertiary alicyclic amines) is 1. The lowest BCUT2D eigenvalue weighted by Crippen LogP contribution is -2.59. The van der Waals surface area contributed by atoms with E-state index in [-0.39, 0.29) is 48.5 Å². The Morgan fingerprint density at radius 2 is 1.70 bits per heavy atom. The molecule has 1 spiro atoms. The molecule has 3 saturated heterocycles. The molecular formula is C43H46F5N9O4. The van der Waals surface area contributed by atoms with Crippen LogP contribution in [0.4, 0.5) is 33.3 Å². The highest BCUT2D eigenvalue weighted by Gasteiger charge is 2.57. The molecule has 3 aliphatic heterocycles. The molecule has 9 rings (SSSR count). The third kappa shape index (κ3) is 7.78. The molecule has 1 atom stereocenters. The molecule has 61 heavy (non-hydrogen) atoms. The normalized spacial score (nSPS) is 23.4. The first kappa shape index (κ1) is 40.7. The Kier molecular flexibility index (Phi) is 10.3. The minimum absolute atomic E-state index is 0.120. The van der Waals surface area contributed by atoms with Crippen LogP contribution in [0.25, 0.3) is 21.9 Å². The number of aromatic nitrogens is 5. The van der Waals surface area contributed by atoms with Gasteiger partial charge in [0.05, 0.1) is 34.8 Å². The molecule has 6 heterocycles. The summed E-state index contributed by atoms with van der Waals surface area (Å²) in [6.07, 6.45) is 2.00. The van der Waals surface area contributed by atoms with Crippen molar-refractivity contribution in [2.45, 2.75) is 88.9 Å². The van der Waals surface area contributed by atoms with Gasteiger partial charge < -0.3 is 15.2 Å². The van der Waals surface area contributed by atoms with Crippen molar-refractivity contribution >= 4 is 51.0 Å². The molecular weight excluding hydrogens is 802 g/mol. The second kappa shape index (κ2) is 15.4. The number of amides is 3. The summed E-state index contributed by atoms with van der Waals surface area (Å²) >= 11 is 0. The number of imide groups is 1. The Morgan fingerprint density at radius 3 is 2.43 bits per heavy atom. The topological polar surface area (TPSA) is 150 Å². The molecule has 4 fully saturated rings. The number of alkyl halides is 5. The number of piperidine rings is 3. The quantitative estimate of drug-likeness (QED) is 0.117. The number of hydrogen-bond donors (Lipinski definition) is 3. The van der Waals surface area contributed by atoms with Gasteiger partial charge >= 0.3 is 11.9 Å². The van der Waals surface area contributed by atoms with Crippen LogP contribution in [0.5, 0.6) is 0 Å². The predicted octanol–water partition coefficient (Wildman–Crippen LogP) is 6.99. The maximum atomic E-state index is 16.3. The van der Waals surface area contributed by atoms with E-state index in [4.69, 9.17) is 5.10 Å². The number of halogens is 5. The Balaban J connectivity index is 0.782. The number of aromatic amines is 1. The standard InChI is InChI=1S/C43H46F5N9O4/c1-25-19-31(50-35(20-25)43(46,47)48)38(59)49-28-7-10-30-27(21-28)23-56(53-30)29-8-5-26(6-9-29)22-54-16-13-41(42(44,45)24-54)14-17-55(18-15-41)32-3-2-4-33-37(32)52-40(61)57(33)34-11-12-36(58)51-39(34)60/h2-4,7,10,19-21,23,26,29,34H,5-6,8-9,11-18,22,24H2,1H3,(H,49,59)(H,52,61)(H,51,58,60). The molecule has 18 heteroatoms. The number of hydrogen-bond acceptors (Lipinski definition) is 8. The van der Waals surface area contributed by atoms with E-state index in [1.807, 2.05) is 26.7 Å². The number of imidazole rings is 1. The summed E-state index contributed by atoms with van der Waals surface area (Å²) in [6.45, 7) is 3.20. The number of aryl methyl sites for hydroxylation is 1. The summed E-state index contributed by atoms with van der Waals surface area (Å²) in [5.74, 6) is -4.24. The molecule has 0 bridgehead atoms. The van der Waals surface area contributed by atoms with E-state index in [0.29, 0.717) is 67.7 Å². The van der Waals surface area contributed by atoms with Gasteiger partial charge in [0.25, 0.3) is 11.8 Å². The molecule has 3 N–H and O–H groups in total. The van der Waals surface area contributed by atoms with Crippen LogP contribution in [-0.2, 0) is 15.8 Å². The fourth-order valence-corrected chi connectivity index (χ4v) is 10.1. The van der Waals surface area contributed by atoms with Crippen molar-refractivity contribution in [2.24, 2.45) is 11.3 Å². The minimum Gasteiger partial charge on any atom is -0.370 e. The first-order valence-electron chi connectivity index (χ1n) is 20.8. The maximum absolute atomic E-state index is 16.3. The zero-order valence-electron chi connectivity index (χ0n) is 33.5. The van der Waals surface area contributed by atoms with Gasteiger partial charge in [-0.2, -0.15) is 18.3 Å². The summed E-state index contributed by atoms with van der Waals surface area (Å²) in [4.78, 5) is 60.7. The SMILES string of the molecule is Cc1cc(C(=O)Nc2ccc3nn(C4CCC(CN5CCC6(CCN(c7cccc8c7[nH]c(=O)n8C7CCC(=O)NC7=O)CC6)C(F)(F)C5)CC4)cc3c2)nc(C(F)(F)F)c1. The van der Waals surface area contributed by atoms with Gasteiger partial charge in [0.1, 0.15) is 17.4 Å². The Labute approximate surface area is 346 Å². The van der Waals surface area contributed by atoms with E-state index in [1.165, 1.54) is 17.6 Å². The number of anilines is 2. The Hall–Kier alpha value is -5.65. The molecule has 1 aliphatic carbocycles. The molecule has 1 saturated carbocycles. The minimum atomic E-state index is -4.68. The van der Waals surface area contributed by atoms with Crippen LogP contribution in [0.3, 0.4) is 0 Å². The Bertz CT molecular complexity index is 2580. The van der Waals surface area contributed by atoms with Crippen LogP contribution >= 0.6 is 0 Å². The molecule has 322 valence electrons. The average molecular weight is 848 g/mol. The number of pyridine rings is 1. The summed E-state index contributed by atoms with van der Waals surface area (Å²) < 4.78 is 75.6. The third-order valence-corrected chi connectivity index (χ3v) is 13.4. The number of para-hydroxylation sites is 1. The van der Waals surface area contributed by atoms with Crippen LogP contribution in [-0.4, -0.2) is 85.6 Å². The Morgan fingerprint density at radius 1 is 0.951 bits per heavy atom. The smallest absolute Gasteiger partial charge is 0.370 e. The van der Waals surface area contributed by atoms with Gasteiger partial charge in [0.2, 0.25) is 11.8 Å². The van der Waals surface area contributed by atoms with E-state index >= 15 is 8.78 Å². The number of H-pyrrole nitrogens is 1. The summed E-state index contributed by atoms with van der Waals surface area (Å²) in [6, 6.07) is 12.0. The highest BCUT2D eigenvalue weighted by Crippen LogP contribution is 2.52. The van der Waals surface area contributed by atoms with E-state index in [0.717, 1.165) is 42.8 Å². The second-order valence-electron chi connectivity index (χ2n) is 17.3. The van der Waals surface area contributed by atoms with E-state index < -0.39 is 46.8 Å². The van der Waals surface area contributed by atoms with Crippen molar-refractivity contribution in [1.29, 1.82) is 0 Å². The molecule has 0 radical (unpaired) electrons. The van der Waals surface area contributed by atoms with Crippen LogP contribution in [0.2, 0.25) is 0 Å². The number of benzene rings is 2. The summed E-state index contributed by atoms with van der Waals surface area (Å²) in [5.41, 5.74) is 0.160. The maximum Gasteiger partial charge on any atom is 0.433 e. The molecule has 3 aromatic heterocycles. The fourth-order valence-electron chi connectivity index (χ4n) is 10.1. The third-order valence-electron chi connectivity index (χ3n) is 13.4. The lowest BCUT2D eigenvalue weighted by Gasteiger charge is -2.52. The van der Waals surface area contributed by atoms with Crippen molar-refractivity contribution in [1.82, 2.24) is 34.5 Å². The van der Waals surface area contributed by atoms with E-state index in [9.17, 15) is 32.3 Å². The summed E-state index contributed by atoms with van der Waals surface area (Å²) in [5, 5.41) is 10.5. The second-order valence-corrected chi connectivity index (χ2v) is 17.3. The molecule has 3 amide bonds. The molecule has 5 aromatic rings. The highest BCUT2D eigenvalue weighted by molar-refractivity contribution is 6.04. The zero-order chi connectivity index (χ0) is 42.8. The van der Waals surface area contributed by atoms with Gasteiger partial charge in [0.15, 0.2) is 0 Å². The fraction of sp³-hybridized carbons (Fsp3) is 0.488. The van der Waals surface area contributed by atoms with Crippen molar-refractivity contribution in [2.75, 3.05) is 42.9 Å². The number of rotatable bonds is 7. The largest absolute Gasteiger partial charge is 0.433 e. The van der Waals surface area contributed by atoms with Gasteiger partial charge in [-0.3, -0.25) is 33.8 Å².